The summed E-state index contributed by atoms with van der Waals surface area (Å²) >= 11 is 3.45. The molecule has 0 spiro atoms. The van der Waals surface area contributed by atoms with Crippen molar-refractivity contribution < 1.29 is 4.39 Å². The topological polar surface area (TPSA) is 12.0 Å². The van der Waals surface area contributed by atoms with E-state index in [2.05, 4.69) is 48.9 Å². The Morgan fingerprint density at radius 1 is 1.33 bits per heavy atom. The van der Waals surface area contributed by atoms with Crippen LogP contribution in [0, 0.1) is 22.6 Å². The highest BCUT2D eigenvalue weighted by molar-refractivity contribution is 9.10. The zero-order valence-corrected chi connectivity index (χ0v) is 14.9. The molecule has 0 radical (unpaired) electrons. The van der Waals surface area contributed by atoms with E-state index in [-0.39, 0.29) is 11.9 Å². The van der Waals surface area contributed by atoms with Crippen molar-refractivity contribution in [1.29, 1.82) is 0 Å². The lowest BCUT2D eigenvalue weighted by Gasteiger charge is -2.44. The average Bonchev–Trinajstić information content (AvgIpc) is 2.88. The monoisotopic (exact) mass is 353 g/mol. The molecule has 3 rings (SSSR count). The van der Waals surface area contributed by atoms with E-state index < -0.39 is 0 Å². The summed E-state index contributed by atoms with van der Waals surface area (Å²) < 4.78 is 15.0. The maximum atomic E-state index is 14.1. The van der Waals surface area contributed by atoms with Crippen LogP contribution < -0.4 is 5.32 Å². The summed E-state index contributed by atoms with van der Waals surface area (Å²) in [4.78, 5) is 0. The average molecular weight is 354 g/mol. The smallest absolute Gasteiger partial charge is 0.128 e. The second-order valence-corrected chi connectivity index (χ2v) is 8.82. The van der Waals surface area contributed by atoms with Gasteiger partial charge in [-0.15, -0.1) is 0 Å². The van der Waals surface area contributed by atoms with Crippen LogP contribution in [0.5, 0.6) is 0 Å². The summed E-state index contributed by atoms with van der Waals surface area (Å²) in [7, 11) is 0. The minimum atomic E-state index is -0.121. The third-order valence-corrected chi connectivity index (χ3v) is 6.60. The molecular formula is C18H25BrFN. The molecule has 3 heteroatoms. The quantitative estimate of drug-likeness (QED) is 0.761. The maximum Gasteiger partial charge on any atom is 0.128 e. The van der Waals surface area contributed by atoms with Crippen molar-refractivity contribution in [2.24, 2.45) is 16.7 Å². The summed E-state index contributed by atoms with van der Waals surface area (Å²) in [6.45, 7) is 9.24. The molecule has 1 N–H and O–H groups in total. The molecule has 116 valence electrons. The first-order valence-electron chi connectivity index (χ1n) is 7.95. The standard InChI is InChI=1S/C18H25BrFN/c1-11(14-9-13(19)5-6-15(14)20)21-16-17(2,3)12-7-8-18(16,4)10-12/h5-6,9,11-12,16,21H,7-8,10H2,1-4H3. The Balaban J connectivity index is 1.84. The van der Waals surface area contributed by atoms with Gasteiger partial charge in [-0.2, -0.15) is 0 Å². The van der Waals surface area contributed by atoms with E-state index in [0.717, 1.165) is 16.0 Å². The van der Waals surface area contributed by atoms with Crippen LogP contribution in [0.1, 0.15) is 58.6 Å². The molecule has 1 nitrogen and oxygen atoms in total. The molecule has 0 heterocycles. The van der Waals surface area contributed by atoms with Gasteiger partial charge in [-0.1, -0.05) is 36.7 Å². The minimum absolute atomic E-state index is 0.0305. The number of nitrogens with one attached hydrogen (secondary N) is 1. The highest BCUT2D eigenvalue weighted by Crippen LogP contribution is 2.62. The highest BCUT2D eigenvalue weighted by atomic mass is 79.9. The van der Waals surface area contributed by atoms with Gasteiger partial charge in [0.25, 0.3) is 0 Å². The van der Waals surface area contributed by atoms with Gasteiger partial charge in [0.2, 0.25) is 0 Å². The Morgan fingerprint density at radius 2 is 2.05 bits per heavy atom. The molecule has 2 bridgehead atoms. The molecule has 21 heavy (non-hydrogen) atoms. The molecule has 4 unspecified atom stereocenters. The van der Waals surface area contributed by atoms with Gasteiger partial charge < -0.3 is 5.32 Å². The number of fused-ring (bicyclic) bond motifs is 2. The molecule has 2 aliphatic carbocycles. The van der Waals surface area contributed by atoms with Crippen LogP contribution in [0.15, 0.2) is 22.7 Å². The van der Waals surface area contributed by atoms with E-state index in [9.17, 15) is 4.39 Å². The summed E-state index contributed by atoms with van der Waals surface area (Å²) in [5.74, 6) is 0.684. The molecule has 1 aromatic carbocycles. The normalized spacial score (nSPS) is 35.1. The Hall–Kier alpha value is -0.410. The molecule has 0 aliphatic heterocycles. The van der Waals surface area contributed by atoms with Crippen LogP contribution in [0.2, 0.25) is 0 Å². The predicted molar refractivity (Wildman–Crippen MR) is 88.7 cm³/mol. The molecule has 2 saturated carbocycles. The molecular weight excluding hydrogens is 329 g/mol. The SMILES string of the molecule is CC(NC1C2(C)CCC(C2)C1(C)C)c1cc(Br)ccc1F. The third-order valence-electron chi connectivity index (χ3n) is 6.11. The zero-order valence-electron chi connectivity index (χ0n) is 13.3. The number of rotatable bonds is 3. The molecule has 1 aromatic rings. The summed E-state index contributed by atoms with van der Waals surface area (Å²) in [6, 6.07) is 5.69. The van der Waals surface area contributed by atoms with Crippen molar-refractivity contribution in [3.8, 4) is 0 Å². The Bertz CT molecular complexity index is 551. The second-order valence-electron chi connectivity index (χ2n) is 7.90. The van der Waals surface area contributed by atoms with Crippen molar-refractivity contribution in [2.75, 3.05) is 0 Å². The lowest BCUT2D eigenvalue weighted by molar-refractivity contribution is 0.0998. The fourth-order valence-corrected chi connectivity index (χ4v) is 5.28. The van der Waals surface area contributed by atoms with Crippen molar-refractivity contribution in [2.45, 2.75) is 59.0 Å². The van der Waals surface area contributed by atoms with Gasteiger partial charge in [0.05, 0.1) is 0 Å². The second kappa shape index (κ2) is 5.06. The zero-order chi connectivity index (χ0) is 15.4. The molecule has 4 atom stereocenters. The van der Waals surface area contributed by atoms with Crippen LogP contribution in [0.25, 0.3) is 0 Å². The first kappa shape index (κ1) is 15.5. The molecule has 2 aliphatic rings. The number of benzene rings is 1. The lowest BCUT2D eigenvalue weighted by Crippen LogP contribution is -2.51. The first-order valence-corrected chi connectivity index (χ1v) is 8.74. The van der Waals surface area contributed by atoms with Gasteiger partial charge in [-0.25, -0.2) is 4.39 Å². The highest BCUT2D eigenvalue weighted by Gasteiger charge is 2.59. The van der Waals surface area contributed by atoms with Crippen molar-refractivity contribution in [1.82, 2.24) is 5.32 Å². The van der Waals surface area contributed by atoms with E-state index >= 15 is 0 Å². The maximum absolute atomic E-state index is 14.1. The molecule has 0 aromatic heterocycles. The van der Waals surface area contributed by atoms with Gasteiger partial charge in [-0.05, 0) is 61.1 Å². The van der Waals surface area contributed by atoms with Crippen molar-refractivity contribution >= 4 is 15.9 Å². The Morgan fingerprint density at radius 3 is 2.67 bits per heavy atom. The number of hydrogen-bond acceptors (Lipinski definition) is 1. The lowest BCUT2D eigenvalue weighted by atomic mass is 9.68. The van der Waals surface area contributed by atoms with Crippen LogP contribution in [0.4, 0.5) is 4.39 Å². The van der Waals surface area contributed by atoms with Crippen LogP contribution >= 0.6 is 15.9 Å². The first-order chi connectivity index (χ1) is 9.74. The van der Waals surface area contributed by atoms with Crippen LogP contribution in [0.3, 0.4) is 0 Å². The number of hydrogen-bond donors (Lipinski definition) is 1. The predicted octanol–water partition coefficient (Wildman–Crippen LogP) is 5.45. The minimum Gasteiger partial charge on any atom is -0.306 e. The van der Waals surface area contributed by atoms with Gasteiger partial charge in [0.15, 0.2) is 0 Å². The van der Waals surface area contributed by atoms with Gasteiger partial charge >= 0.3 is 0 Å². The Kier molecular flexibility index (Phi) is 3.73. The summed E-state index contributed by atoms with van der Waals surface area (Å²) in [5, 5.41) is 3.76. The summed E-state index contributed by atoms with van der Waals surface area (Å²) in [6.07, 6.45) is 3.96. The number of halogens is 2. The fourth-order valence-electron chi connectivity index (χ4n) is 4.90. The molecule has 2 fully saturated rings. The van der Waals surface area contributed by atoms with Crippen molar-refractivity contribution in [3.63, 3.8) is 0 Å². The van der Waals surface area contributed by atoms with E-state index in [4.69, 9.17) is 0 Å². The van der Waals surface area contributed by atoms with Gasteiger partial charge in [0.1, 0.15) is 5.82 Å². The van der Waals surface area contributed by atoms with Crippen molar-refractivity contribution in [3.05, 3.63) is 34.1 Å². The van der Waals surface area contributed by atoms with E-state index in [1.165, 1.54) is 19.3 Å². The van der Waals surface area contributed by atoms with Gasteiger partial charge in [-0.3, -0.25) is 0 Å². The summed E-state index contributed by atoms with van der Waals surface area (Å²) in [5.41, 5.74) is 1.42. The van der Waals surface area contributed by atoms with Crippen LogP contribution in [-0.4, -0.2) is 6.04 Å². The molecule has 0 amide bonds. The Labute approximate surface area is 135 Å². The van der Waals surface area contributed by atoms with E-state index in [0.29, 0.717) is 16.9 Å². The van der Waals surface area contributed by atoms with E-state index in [1.807, 2.05) is 6.07 Å². The molecule has 0 saturated heterocycles. The fraction of sp³-hybridized carbons (Fsp3) is 0.667. The van der Waals surface area contributed by atoms with E-state index in [1.54, 1.807) is 12.1 Å². The largest absolute Gasteiger partial charge is 0.306 e. The van der Waals surface area contributed by atoms with Crippen LogP contribution in [-0.2, 0) is 0 Å². The van der Waals surface area contributed by atoms with Gasteiger partial charge in [0, 0.05) is 22.1 Å². The third kappa shape index (κ3) is 2.46.